The molecule has 0 saturated heterocycles. The molecular weight excluding hydrogens is 525 g/mol. The second-order valence-electron chi connectivity index (χ2n) is 9.03. The highest BCUT2D eigenvalue weighted by Gasteiger charge is 2.22. The molecule has 3 aromatic heterocycles. The number of nitrogen functional groups attached to an aromatic ring is 1. The minimum Gasteiger partial charge on any atom is -0.497 e. The minimum atomic E-state index is -0.303. The predicted molar refractivity (Wildman–Crippen MR) is 162 cm³/mol. The highest BCUT2D eigenvalue weighted by molar-refractivity contribution is 7.21. The van der Waals surface area contributed by atoms with E-state index in [-0.39, 0.29) is 5.91 Å². The maximum atomic E-state index is 13.4. The Morgan fingerprint density at radius 1 is 0.872 bits per heavy atom. The molecule has 3 heterocycles. The number of nitrogens with two attached hydrogens (primary N) is 1. The van der Waals surface area contributed by atoms with Gasteiger partial charge in [0.15, 0.2) is 5.13 Å². The Balaban J connectivity index is 1.38. The van der Waals surface area contributed by atoms with Gasteiger partial charge in [-0.2, -0.15) is 0 Å². The van der Waals surface area contributed by atoms with Gasteiger partial charge >= 0.3 is 0 Å². The monoisotopic (exact) mass is 548 g/mol. The minimum absolute atomic E-state index is 0.303. The van der Waals surface area contributed by atoms with Crippen LogP contribution in [0.2, 0.25) is 0 Å². The van der Waals surface area contributed by atoms with Crippen molar-refractivity contribution in [3.63, 3.8) is 0 Å². The second-order valence-corrected chi connectivity index (χ2v) is 10.9. The van der Waals surface area contributed by atoms with E-state index in [1.54, 1.807) is 7.11 Å². The molecule has 0 aliphatic heterocycles. The summed E-state index contributed by atoms with van der Waals surface area (Å²) in [6.07, 6.45) is 0. The number of aryl methyl sites for hydroxylation is 1. The Labute approximate surface area is 233 Å². The van der Waals surface area contributed by atoms with Crippen molar-refractivity contribution in [2.45, 2.75) is 6.92 Å². The van der Waals surface area contributed by atoms with Gasteiger partial charge in [-0.15, -0.1) is 22.7 Å². The van der Waals surface area contributed by atoms with Crippen LogP contribution in [0.4, 0.5) is 10.8 Å². The number of fused-ring (bicyclic) bond motifs is 1. The number of hydrogen-bond acceptors (Lipinski definition) is 7. The number of rotatable bonds is 6. The second kappa shape index (κ2) is 10.3. The molecule has 6 rings (SSSR count). The largest absolute Gasteiger partial charge is 0.497 e. The van der Waals surface area contributed by atoms with E-state index in [2.05, 4.69) is 47.6 Å². The first-order valence-electron chi connectivity index (χ1n) is 12.3. The summed E-state index contributed by atoms with van der Waals surface area (Å²) in [6.45, 7) is 2.06. The lowest BCUT2D eigenvalue weighted by Crippen LogP contribution is -2.11. The van der Waals surface area contributed by atoms with Gasteiger partial charge in [0.25, 0.3) is 5.91 Å². The topological polar surface area (TPSA) is 90.1 Å². The van der Waals surface area contributed by atoms with Gasteiger partial charge in [0, 0.05) is 21.9 Å². The van der Waals surface area contributed by atoms with Crippen LogP contribution < -0.4 is 15.8 Å². The average molecular weight is 549 g/mol. The molecular formula is C31H24N4O2S2. The summed E-state index contributed by atoms with van der Waals surface area (Å²) in [5.74, 6) is 0.471. The molecule has 1 amide bonds. The van der Waals surface area contributed by atoms with Gasteiger partial charge in [0.2, 0.25) is 0 Å². The van der Waals surface area contributed by atoms with Crippen LogP contribution >= 0.6 is 22.7 Å². The van der Waals surface area contributed by atoms with E-state index in [0.717, 1.165) is 44.8 Å². The molecule has 0 fully saturated rings. The molecule has 3 aromatic carbocycles. The number of carbonyl (C=O) groups excluding carboxylic acids is 1. The number of anilines is 2. The van der Waals surface area contributed by atoms with Crippen molar-refractivity contribution in [2.24, 2.45) is 0 Å². The number of nitrogens with zero attached hydrogens (tertiary/aromatic N) is 2. The summed E-state index contributed by atoms with van der Waals surface area (Å²) < 4.78 is 5.23. The summed E-state index contributed by atoms with van der Waals surface area (Å²) in [7, 11) is 1.63. The van der Waals surface area contributed by atoms with Gasteiger partial charge in [0.05, 0.1) is 24.2 Å². The lowest BCUT2D eigenvalue weighted by atomic mass is 9.99. The molecule has 0 unspecified atom stereocenters. The maximum Gasteiger partial charge on any atom is 0.269 e. The lowest BCUT2D eigenvalue weighted by Gasteiger charge is -2.09. The number of aromatic nitrogens is 2. The lowest BCUT2D eigenvalue weighted by molar-refractivity contribution is 0.103. The molecule has 0 spiro atoms. The SMILES string of the molecule is COc1ccc(-c2csc(NC(=O)c3sc4nc(-c5ccccc5)cc(-c5ccc(C)cc5)c4c3N)n2)cc1. The highest BCUT2D eigenvalue weighted by atomic mass is 32.1. The third-order valence-corrected chi connectivity index (χ3v) is 8.30. The zero-order valence-electron chi connectivity index (χ0n) is 21.3. The van der Waals surface area contributed by atoms with E-state index < -0.39 is 0 Å². The van der Waals surface area contributed by atoms with E-state index in [0.29, 0.717) is 20.5 Å². The van der Waals surface area contributed by atoms with Crippen LogP contribution in [0.5, 0.6) is 5.75 Å². The molecule has 192 valence electrons. The third-order valence-electron chi connectivity index (χ3n) is 6.45. The average Bonchev–Trinajstić information content (AvgIpc) is 3.58. The third kappa shape index (κ3) is 4.87. The van der Waals surface area contributed by atoms with Crippen molar-refractivity contribution < 1.29 is 9.53 Å². The molecule has 8 heteroatoms. The number of ether oxygens (including phenoxy) is 1. The number of nitrogens with one attached hydrogen (secondary N) is 1. The smallest absolute Gasteiger partial charge is 0.269 e. The molecule has 6 nitrogen and oxygen atoms in total. The van der Waals surface area contributed by atoms with Crippen molar-refractivity contribution in [2.75, 3.05) is 18.2 Å². The van der Waals surface area contributed by atoms with Gasteiger partial charge in [-0.1, -0.05) is 60.2 Å². The molecule has 6 aromatic rings. The first-order chi connectivity index (χ1) is 19.0. The van der Waals surface area contributed by atoms with Crippen molar-refractivity contribution in [1.82, 2.24) is 9.97 Å². The summed E-state index contributed by atoms with van der Waals surface area (Å²) >= 11 is 2.66. The number of hydrogen-bond donors (Lipinski definition) is 2. The van der Waals surface area contributed by atoms with E-state index in [1.165, 1.54) is 28.2 Å². The maximum absolute atomic E-state index is 13.4. The molecule has 3 N–H and O–H groups in total. The molecule has 0 aliphatic carbocycles. The fourth-order valence-electron chi connectivity index (χ4n) is 4.39. The zero-order chi connectivity index (χ0) is 26.9. The Kier molecular flexibility index (Phi) is 6.56. The quantitative estimate of drug-likeness (QED) is 0.221. The normalized spacial score (nSPS) is 11.0. The van der Waals surface area contributed by atoms with Gasteiger partial charge in [-0.05, 0) is 48.4 Å². The molecule has 0 bridgehead atoms. The first-order valence-corrected chi connectivity index (χ1v) is 14.0. The number of methoxy groups -OCH3 is 1. The summed E-state index contributed by atoms with van der Waals surface area (Å²) in [6, 6.07) is 28.0. The zero-order valence-corrected chi connectivity index (χ0v) is 22.9. The van der Waals surface area contributed by atoms with Gasteiger partial charge in [-0.3, -0.25) is 10.1 Å². The van der Waals surface area contributed by atoms with Crippen LogP contribution in [-0.4, -0.2) is 23.0 Å². The Bertz CT molecular complexity index is 1790. The van der Waals surface area contributed by atoms with E-state index in [4.69, 9.17) is 15.5 Å². The number of benzene rings is 3. The standard InChI is InChI=1S/C31H24N4O2S2/c1-18-8-10-19(11-9-18)23-16-24(20-6-4-3-5-7-20)33-30-26(23)27(32)28(39-30)29(36)35-31-34-25(17-38-31)21-12-14-22(37-2)15-13-21/h3-17H,32H2,1-2H3,(H,34,35,36). The van der Waals surface area contributed by atoms with E-state index in [9.17, 15) is 4.79 Å². The van der Waals surface area contributed by atoms with Gasteiger partial charge in [0.1, 0.15) is 15.5 Å². The van der Waals surface area contributed by atoms with Gasteiger partial charge in [-0.25, -0.2) is 9.97 Å². The Morgan fingerprint density at radius 3 is 2.28 bits per heavy atom. The first kappa shape index (κ1) is 24.8. The van der Waals surface area contributed by atoms with Gasteiger partial charge < -0.3 is 10.5 Å². The van der Waals surface area contributed by atoms with Crippen LogP contribution in [0.25, 0.3) is 43.9 Å². The van der Waals surface area contributed by atoms with E-state index >= 15 is 0 Å². The number of thiophene rings is 1. The van der Waals surface area contributed by atoms with Crippen LogP contribution in [0.1, 0.15) is 15.2 Å². The highest BCUT2D eigenvalue weighted by Crippen LogP contribution is 2.41. The summed E-state index contributed by atoms with van der Waals surface area (Å²) in [5, 5.41) is 6.13. The Hall–Kier alpha value is -4.53. The van der Waals surface area contributed by atoms with Crippen molar-refractivity contribution >= 4 is 49.6 Å². The predicted octanol–water partition coefficient (Wildman–Crippen LogP) is 7.91. The van der Waals surface area contributed by atoms with E-state index in [1.807, 2.05) is 60.0 Å². The fraction of sp³-hybridized carbons (Fsp3) is 0.0645. The fourth-order valence-corrected chi connectivity index (χ4v) is 6.12. The van der Waals surface area contributed by atoms with Crippen LogP contribution in [0.3, 0.4) is 0 Å². The van der Waals surface area contributed by atoms with Crippen LogP contribution in [0.15, 0.2) is 90.3 Å². The molecule has 39 heavy (non-hydrogen) atoms. The number of carbonyl (C=O) groups is 1. The molecule has 0 radical (unpaired) electrons. The molecule has 0 aliphatic rings. The van der Waals surface area contributed by atoms with Crippen LogP contribution in [0, 0.1) is 6.92 Å². The van der Waals surface area contributed by atoms with Crippen molar-refractivity contribution in [3.05, 3.63) is 101 Å². The number of pyridine rings is 1. The van der Waals surface area contributed by atoms with Crippen molar-refractivity contribution in [3.8, 4) is 39.4 Å². The number of amides is 1. The summed E-state index contributed by atoms with van der Waals surface area (Å²) in [5.41, 5.74) is 13.8. The van der Waals surface area contributed by atoms with Crippen molar-refractivity contribution in [1.29, 1.82) is 0 Å². The summed E-state index contributed by atoms with van der Waals surface area (Å²) in [4.78, 5) is 24.1. The Morgan fingerprint density at radius 2 is 1.56 bits per heavy atom. The molecule has 0 saturated carbocycles. The molecule has 0 atom stereocenters. The van der Waals surface area contributed by atoms with Crippen LogP contribution in [-0.2, 0) is 0 Å². The number of thiazole rings is 1.